The van der Waals surface area contributed by atoms with Crippen LogP contribution < -0.4 is 4.74 Å². The molecule has 1 aromatic carbocycles. The monoisotopic (exact) mass is 373 g/mol. The average Bonchev–Trinajstić information content (AvgIpc) is 3.02. The van der Waals surface area contributed by atoms with Crippen LogP contribution in [0.1, 0.15) is 55.6 Å². The smallest absolute Gasteiger partial charge is 0.375 e. The first-order valence-electron chi connectivity index (χ1n) is 9.67. The predicted molar refractivity (Wildman–Crippen MR) is 102 cm³/mol. The lowest BCUT2D eigenvalue weighted by atomic mass is 10.00. The van der Waals surface area contributed by atoms with Crippen LogP contribution in [-0.2, 0) is 9.53 Å². The molecule has 1 aliphatic rings. The van der Waals surface area contributed by atoms with E-state index in [1.807, 2.05) is 17.9 Å². The predicted octanol–water partition coefficient (Wildman–Crippen LogP) is 4.09. The van der Waals surface area contributed by atoms with Gasteiger partial charge in [-0.2, -0.15) is 0 Å². The molecule has 0 radical (unpaired) electrons. The molecular weight excluding hydrogens is 346 g/mol. The zero-order chi connectivity index (χ0) is 19.4. The number of piperidine rings is 1. The van der Waals surface area contributed by atoms with Gasteiger partial charge in [-0.05, 0) is 57.7 Å². The number of carbonyl (C=O) groups excluding carboxylic acids is 2. The van der Waals surface area contributed by atoms with Gasteiger partial charge in [0.25, 0.3) is 5.91 Å². The van der Waals surface area contributed by atoms with Crippen LogP contribution in [0.3, 0.4) is 0 Å². The Morgan fingerprint density at radius 1 is 1.26 bits per heavy atom. The summed E-state index contributed by atoms with van der Waals surface area (Å²) in [6.07, 6.45) is 4.08. The van der Waals surface area contributed by atoms with Crippen molar-refractivity contribution in [3.05, 3.63) is 29.5 Å². The maximum atomic E-state index is 12.5. The Hall–Kier alpha value is -2.50. The second-order valence-corrected chi connectivity index (χ2v) is 6.87. The number of benzene rings is 1. The number of esters is 1. The van der Waals surface area contributed by atoms with E-state index in [1.165, 1.54) is 0 Å². The van der Waals surface area contributed by atoms with Crippen molar-refractivity contribution in [1.82, 2.24) is 4.90 Å². The van der Waals surface area contributed by atoms with Gasteiger partial charge in [0.15, 0.2) is 6.61 Å². The normalized spacial score (nSPS) is 17.1. The highest BCUT2D eigenvalue weighted by Gasteiger charge is 2.27. The molecule has 0 N–H and O–H groups in total. The van der Waals surface area contributed by atoms with Crippen molar-refractivity contribution < 1.29 is 23.5 Å². The molecule has 0 unspecified atom stereocenters. The van der Waals surface area contributed by atoms with Crippen molar-refractivity contribution in [2.24, 2.45) is 0 Å². The van der Waals surface area contributed by atoms with E-state index in [1.54, 1.807) is 19.1 Å². The summed E-state index contributed by atoms with van der Waals surface area (Å²) in [6, 6.07) is 5.66. The lowest BCUT2D eigenvalue weighted by molar-refractivity contribution is -0.138. The minimum atomic E-state index is -0.611. The van der Waals surface area contributed by atoms with Gasteiger partial charge in [-0.25, -0.2) is 4.79 Å². The van der Waals surface area contributed by atoms with Crippen molar-refractivity contribution in [2.75, 3.05) is 19.8 Å². The topological polar surface area (TPSA) is 69.0 Å². The summed E-state index contributed by atoms with van der Waals surface area (Å²) in [4.78, 5) is 26.8. The maximum Gasteiger partial charge on any atom is 0.375 e. The number of likely N-dealkylation sites (tertiary alicyclic amines) is 1. The van der Waals surface area contributed by atoms with Gasteiger partial charge in [0.2, 0.25) is 5.76 Å². The number of nitrogens with zero attached hydrogens (tertiary/aromatic N) is 1. The number of carbonyl (C=O) groups is 2. The average molecular weight is 373 g/mol. The molecule has 3 rings (SSSR count). The highest BCUT2D eigenvalue weighted by molar-refractivity contribution is 5.97. The molecule has 1 amide bonds. The van der Waals surface area contributed by atoms with Crippen molar-refractivity contribution >= 4 is 22.8 Å². The molecule has 1 aromatic heterocycles. The summed E-state index contributed by atoms with van der Waals surface area (Å²) in [5.41, 5.74) is 1.28. The number of aryl methyl sites for hydroxylation is 1. The molecule has 6 nitrogen and oxygen atoms in total. The molecule has 1 saturated heterocycles. The second kappa shape index (κ2) is 8.46. The van der Waals surface area contributed by atoms with Gasteiger partial charge in [0, 0.05) is 23.5 Å². The number of ether oxygens (including phenoxy) is 2. The zero-order valence-electron chi connectivity index (χ0n) is 16.2. The van der Waals surface area contributed by atoms with Gasteiger partial charge in [-0.1, -0.05) is 6.92 Å². The fourth-order valence-corrected chi connectivity index (χ4v) is 3.68. The Balaban J connectivity index is 1.69. The van der Waals surface area contributed by atoms with Crippen LogP contribution in [0.4, 0.5) is 0 Å². The summed E-state index contributed by atoms with van der Waals surface area (Å²) in [6.45, 7) is 6.84. The van der Waals surface area contributed by atoms with Crippen molar-refractivity contribution in [1.29, 1.82) is 0 Å². The van der Waals surface area contributed by atoms with Gasteiger partial charge < -0.3 is 18.8 Å². The van der Waals surface area contributed by atoms with Crippen molar-refractivity contribution in [2.45, 2.75) is 52.5 Å². The van der Waals surface area contributed by atoms with E-state index in [0.717, 1.165) is 43.4 Å². The quantitative estimate of drug-likeness (QED) is 0.714. The van der Waals surface area contributed by atoms with Crippen LogP contribution in [0.15, 0.2) is 22.6 Å². The van der Waals surface area contributed by atoms with Crippen LogP contribution in [0.5, 0.6) is 5.75 Å². The fourth-order valence-electron chi connectivity index (χ4n) is 3.68. The summed E-state index contributed by atoms with van der Waals surface area (Å²) in [5, 5.41) is 0.807. The molecule has 0 spiro atoms. The summed E-state index contributed by atoms with van der Waals surface area (Å²) in [7, 11) is 0. The van der Waals surface area contributed by atoms with Gasteiger partial charge >= 0.3 is 5.97 Å². The Kier molecular flexibility index (Phi) is 6.04. The molecule has 0 saturated carbocycles. The van der Waals surface area contributed by atoms with Crippen LogP contribution in [0, 0.1) is 6.92 Å². The first-order chi connectivity index (χ1) is 13.0. The fraction of sp³-hybridized carbons (Fsp3) is 0.524. The number of fused-ring (bicyclic) bond motifs is 1. The number of hydrogen-bond donors (Lipinski definition) is 0. The SMILES string of the molecule is CCOc1ccc2oc(C(=O)OCC(=O)N3CCCC[C@H]3CC)c(C)c2c1. The molecule has 2 heterocycles. The summed E-state index contributed by atoms with van der Waals surface area (Å²) >= 11 is 0. The van der Waals surface area contributed by atoms with Crippen LogP contribution in [0.2, 0.25) is 0 Å². The Morgan fingerprint density at radius 2 is 2.07 bits per heavy atom. The van der Waals surface area contributed by atoms with E-state index < -0.39 is 5.97 Å². The van der Waals surface area contributed by atoms with Crippen molar-refractivity contribution in [3.63, 3.8) is 0 Å². The number of hydrogen-bond acceptors (Lipinski definition) is 5. The van der Waals surface area contributed by atoms with E-state index in [-0.39, 0.29) is 24.3 Å². The van der Waals surface area contributed by atoms with Gasteiger partial charge in [0.05, 0.1) is 6.61 Å². The van der Waals surface area contributed by atoms with E-state index in [9.17, 15) is 9.59 Å². The summed E-state index contributed by atoms with van der Waals surface area (Å²) < 4.78 is 16.4. The zero-order valence-corrected chi connectivity index (χ0v) is 16.2. The van der Waals surface area contributed by atoms with Gasteiger partial charge in [-0.15, -0.1) is 0 Å². The van der Waals surface area contributed by atoms with E-state index in [2.05, 4.69) is 6.92 Å². The third-order valence-corrected chi connectivity index (χ3v) is 5.15. The molecule has 2 aromatic rings. The lowest BCUT2D eigenvalue weighted by Crippen LogP contribution is -2.45. The third kappa shape index (κ3) is 4.10. The highest BCUT2D eigenvalue weighted by atomic mass is 16.5. The molecule has 1 aliphatic heterocycles. The number of furan rings is 1. The highest BCUT2D eigenvalue weighted by Crippen LogP contribution is 2.29. The Morgan fingerprint density at radius 3 is 2.81 bits per heavy atom. The standard InChI is InChI=1S/C21H27NO5/c1-4-15-8-6-7-11-22(15)19(23)13-26-21(24)20-14(3)17-12-16(25-5-2)9-10-18(17)27-20/h9-10,12,15H,4-8,11,13H2,1-3H3/t15-/m1/s1. The number of rotatable bonds is 6. The Labute approximate surface area is 159 Å². The first kappa shape index (κ1) is 19.3. The summed E-state index contributed by atoms with van der Waals surface area (Å²) in [5.74, 6) is 0.110. The maximum absolute atomic E-state index is 12.5. The number of amides is 1. The van der Waals surface area contributed by atoms with Crippen molar-refractivity contribution in [3.8, 4) is 5.75 Å². The van der Waals surface area contributed by atoms with E-state index >= 15 is 0 Å². The molecule has 0 aliphatic carbocycles. The molecular formula is C21H27NO5. The minimum absolute atomic E-state index is 0.136. The molecule has 6 heteroatoms. The molecule has 27 heavy (non-hydrogen) atoms. The lowest BCUT2D eigenvalue weighted by Gasteiger charge is -2.35. The van der Waals surface area contributed by atoms with E-state index in [4.69, 9.17) is 13.9 Å². The van der Waals surface area contributed by atoms with Gasteiger partial charge in [-0.3, -0.25) is 4.79 Å². The largest absolute Gasteiger partial charge is 0.494 e. The first-order valence-corrected chi connectivity index (χ1v) is 9.67. The van der Waals surface area contributed by atoms with Gasteiger partial charge in [0.1, 0.15) is 11.3 Å². The van der Waals surface area contributed by atoms with Crippen LogP contribution in [-0.4, -0.2) is 42.6 Å². The molecule has 0 bridgehead atoms. The molecule has 1 fully saturated rings. The molecule has 146 valence electrons. The van der Waals surface area contributed by atoms with Crippen LogP contribution >= 0.6 is 0 Å². The molecule has 1 atom stereocenters. The minimum Gasteiger partial charge on any atom is -0.494 e. The Bertz CT molecular complexity index is 825. The van der Waals surface area contributed by atoms with E-state index in [0.29, 0.717) is 17.8 Å². The van der Waals surface area contributed by atoms with Crippen LogP contribution in [0.25, 0.3) is 11.0 Å². The third-order valence-electron chi connectivity index (χ3n) is 5.15. The second-order valence-electron chi connectivity index (χ2n) is 6.87.